The summed E-state index contributed by atoms with van der Waals surface area (Å²) in [5, 5.41) is 3.16. The number of rotatable bonds is 0. The SMILES string of the molecule is CN1C=COC2=CCNC=C2C1. The molecule has 3 heteroatoms. The van der Waals surface area contributed by atoms with Crippen LogP contribution in [0.4, 0.5) is 0 Å². The lowest BCUT2D eigenvalue weighted by molar-refractivity contribution is 0.359. The lowest BCUT2D eigenvalue weighted by atomic mass is 10.2. The molecule has 2 heterocycles. The smallest absolute Gasteiger partial charge is 0.130 e. The van der Waals surface area contributed by atoms with E-state index in [1.54, 1.807) is 6.26 Å². The molecule has 0 unspecified atom stereocenters. The van der Waals surface area contributed by atoms with Crippen LogP contribution in [0.5, 0.6) is 0 Å². The Kier molecular flexibility index (Phi) is 1.78. The molecule has 1 N–H and O–H groups in total. The summed E-state index contributed by atoms with van der Waals surface area (Å²) in [4.78, 5) is 2.08. The number of hydrogen-bond donors (Lipinski definition) is 1. The first-order chi connectivity index (χ1) is 5.86. The molecular weight excluding hydrogens is 152 g/mol. The lowest BCUT2D eigenvalue weighted by Crippen LogP contribution is -2.19. The van der Waals surface area contributed by atoms with Crippen molar-refractivity contribution in [1.29, 1.82) is 0 Å². The van der Waals surface area contributed by atoms with Gasteiger partial charge in [-0.05, 0) is 6.08 Å². The second kappa shape index (κ2) is 2.93. The van der Waals surface area contributed by atoms with Gasteiger partial charge in [-0.2, -0.15) is 0 Å². The molecule has 0 aromatic rings. The van der Waals surface area contributed by atoms with E-state index in [0.29, 0.717) is 0 Å². The Hall–Kier alpha value is -1.38. The molecule has 0 spiro atoms. The third-order valence-corrected chi connectivity index (χ3v) is 1.93. The molecule has 0 amide bonds. The van der Waals surface area contributed by atoms with Gasteiger partial charge in [-0.15, -0.1) is 0 Å². The van der Waals surface area contributed by atoms with Gasteiger partial charge in [-0.1, -0.05) is 0 Å². The highest BCUT2D eigenvalue weighted by molar-refractivity contribution is 5.31. The highest BCUT2D eigenvalue weighted by Gasteiger charge is 2.12. The van der Waals surface area contributed by atoms with Crippen molar-refractivity contribution in [3.05, 3.63) is 36.1 Å². The summed E-state index contributed by atoms with van der Waals surface area (Å²) in [5.74, 6) is 0.981. The summed E-state index contributed by atoms with van der Waals surface area (Å²) in [6.07, 6.45) is 7.72. The minimum Gasteiger partial charge on any atom is -0.463 e. The van der Waals surface area contributed by atoms with Gasteiger partial charge in [0.15, 0.2) is 0 Å². The van der Waals surface area contributed by atoms with Crippen molar-refractivity contribution in [2.24, 2.45) is 0 Å². The number of likely N-dealkylation sites (N-methyl/N-ethyl adjacent to an activating group) is 1. The Labute approximate surface area is 72.0 Å². The van der Waals surface area contributed by atoms with E-state index in [0.717, 1.165) is 18.8 Å². The summed E-state index contributed by atoms with van der Waals surface area (Å²) in [6.45, 7) is 1.76. The Morgan fingerprint density at radius 2 is 2.50 bits per heavy atom. The molecule has 3 nitrogen and oxygen atoms in total. The summed E-state index contributed by atoms with van der Waals surface area (Å²) in [7, 11) is 2.03. The van der Waals surface area contributed by atoms with E-state index in [1.165, 1.54) is 5.57 Å². The van der Waals surface area contributed by atoms with Gasteiger partial charge in [0, 0.05) is 38.1 Å². The van der Waals surface area contributed by atoms with Crippen LogP contribution in [0.2, 0.25) is 0 Å². The molecule has 2 rings (SSSR count). The molecule has 2 aliphatic heterocycles. The van der Waals surface area contributed by atoms with Gasteiger partial charge in [0.05, 0.1) is 0 Å². The molecular formula is C9H12N2O. The average molecular weight is 164 g/mol. The number of dihydropyridines is 1. The highest BCUT2D eigenvalue weighted by atomic mass is 16.5. The molecule has 0 bridgehead atoms. The normalized spacial score (nSPS) is 21.2. The van der Waals surface area contributed by atoms with Gasteiger partial charge in [-0.25, -0.2) is 0 Å². The van der Waals surface area contributed by atoms with Crippen LogP contribution < -0.4 is 5.32 Å². The molecule has 0 atom stereocenters. The summed E-state index contributed by atoms with van der Waals surface area (Å²) < 4.78 is 5.41. The first-order valence-electron chi connectivity index (χ1n) is 4.03. The van der Waals surface area contributed by atoms with Gasteiger partial charge >= 0.3 is 0 Å². The third-order valence-electron chi connectivity index (χ3n) is 1.93. The van der Waals surface area contributed by atoms with E-state index < -0.39 is 0 Å². The van der Waals surface area contributed by atoms with Crippen LogP contribution in [0.15, 0.2) is 36.1 Å². The maximum Gasteiger partial charge on any atom is 0.130 e. The van der Waals surface area contributed by atoms with Crippen molar-refractivity contribution < 1.29 is 4.74 Å². The third kappa shape index (κ3) is 1.30. The van der Waals surface area contributed by atoms with Crippen molar-refractivity contribution >= 4 is 0 Å². The first kappa shape index (κ1) is 7.28. The van der Waals surface area contributed by atoms with Gasteiger partial charge < -0.3 is 15.0 Å². The fourth-order valence-electron chi connectivity index (χ4n) is 1.31. The molecule has 12 heavy (non-hydrogen) atoms. The Bertz CT molecular complexity index is 266. The zero-order valence-corrected chi connectivity index (χ0v) is 7.08. The Morgan fingerprint density at radius 1 is 1.58 bits per heavy atom. The Morgan fingerprint density at radius 3 is 3.42 bits per heavy atom. The van der Waals surface area contributed by atoms with E-state index in [1.807, 2.05) is 19.4 Å². The monoisotopic (exact) mass is 164 g/mol. The zero-order chi connectivity index (χ0) is 8.39. The number of nitrogens with zero attached hydrogens (tertiary/aromatic N) is 1. The van der Waals surface area contributed by atoms with E-state index in [9.17, 15) is 0 Å². The second-order valence-electron chi connectivity index (χ2n) is 2.96. The molecule has 0 saturated carbocycles. The zero-order valence-electron chi connectivity index (χ0n) is 7.08. The van der Waals surface area contributed by atoms with Crippen molar-refractivity contribution in [3.63, 3.8) is 0 Å². The topological polar surface area (TPSA) is 24.5 Å². The number of ether oxygens (including phenoxy) is 1. The van der Waals surface area contributed by atoms with Gasteiger partial charge in [0.25, 0.3) is 0 Å². The lowest BCUT2D eigenvalue weighted by Gasteiger charge is -2.16. The van der Waals surface area contributed by atoms with Crippen LogP contribution in [0, 0.1) is 0 Å². The summed E-state index contributed by atoms with van der Waals surface area (Å²) in [6, 6.07) is 0. The van der Waals surface area contributed by atoms with Crippen LogP contribution >= 0.6 is 0 Å². The Balaban J connectivity index is 2.23. The maximum atomic E-state index is 5.41. The number of hydrogen-bond acceptors (Lipinski definition) is 3. The van der Waals surface area contributed by atoms with Crippen molar-refractivity contribution in [1.82, 2.24) is 10.2 Å². The van der Waals surface area contributed by atoms with E-state index in [2.05, 4.69) is 16.3 Å². The van der Waals surface area contributed by atoms with E-state index >= 15 is 0 Å². The molecule has 0 saturated heterocycles. The highest BCUT2D eigenvalue weighted by Crippen LogP contribution is 2.17. The van der Waals surface area contributed by atoms with Gasteiger partial charge in [0.1, 0.15) is 12.0 Å². The number of nitrogens with one attached hydrogen (secondary N) is 1. The minimum atomic E-state index is 0.858. The summed E-state index contributed by atoms with van der Waals surface area (Å²) in [5.41, 5.74) is 1.20. The maximum absolute atomic E-state index is 5.41. The minimum absolute atomic E-state index is 0.858. The molecule has 0 aromatic carbocycles. The van der Waals surface area contributed by atoms with Crippen LogP contribution in [0.25, 0.3) is 0 Å². The van der Waals surface area contributed by atoms with Crippen molar-refractivity contribution in [2.45, 2.75) is 0 Å². The van der Waals surface area contributed by atoms with Crippen LogP contribution in [0.1, 0.15) is 0 Å². The van der Waals surface area contributed by atoms with Crippen LogP contribution in [0.3, 0.4) is 0 Å². The first-order valence-corrected chi connectivity index (χ1v) is 4.03. The second-order valence-corrected chi connectivity index (χ2v) is 2.96. The number of fused-ring (bicyclic) bond motifs is 1. The van der Waals surface area contributed by atoms with Crippen LogP contribution in [-0.4, -0.2) is 25.0 Å². The quantitative estimate of drug-likeness (QED) is 0.573. The van der Waals surface area contributed by atoms with Crippen molar-refractivity contribution in [3.8, 4) is 0 Å². The van der Waals surface area contributed by atoms with Crippen molar-refractivity contribution in [2.75, 3.05) is 20.1 Å². The van der Waals surface area contributed by atoms with E-state index in [4.69, 9.17) is 4.74 Å². The molecule has 0 aliphatic carbocycles. The van der Waals surface area contributed by atoms with E-state index in [-0.39, 0.29) is 0 Å². The largest absolute Gasteiger partial charge is 0.463 e. The van der Waals surface area contributed by atoms with Gasteiger partial charge in [-0.3, -0.25) is 0 Å². The average Bonchev–Trinajstić information content (AvgIpc) is 2.25. The predicted molar refractivity (Wildman–Crippen MR) is 47.0 cm³/mol. The van der Waals surface area contributed by atoms with Crippen LogP contribution in [-0.2, 0) is 4.74 Å². The van der Waals surface area contributed by atoms with Gasteiger partial charge in [0.2, 0.25) is 0 Å². The molecule has 0 radical (unpaired) electrons. The molecule has 2 aliphatic rings. The fraction of sp³-hybridized carbons (Fsp3) is 0.333. The molecule has 0 fully saturated rings. The fourth-order valence-corrected chi connectivity index (χ4v) is 1.31. The standard InChI is InChI=1S/C9H12N2O/c1-11-4-5-12-9-2-3-10-6-8(9)7-11/h2,4-6,10H,3,7H2,1H3. The molecule has 64 valence electrons. The molecule has 0 aromatic heterocycles. The predicted octanol–water partition coefficient (Wildman–Crippen LogP) is 0.791. The summed E-state index contributed by atoms with van der Waals surface area (Å²) >= 11 is 0.